The first kappa shape index (κ1) is 29.1. The summed E-state index contributed by atoms with van der Waals surface area (Å²) in [7, 11) is 0. The quantitative estimate of drug-likeness (QED) is 0.167. The van der Waals surface area contributed by atoms with Gasteiger partial charge in [-0.1, -0.05) is 115 Å². The Labute approximate surface area is 295 Å². The molecule has 0 aliphatic rings. The molecule has 0 atom stereocenters. The molecular weight excluding hydrogens is 621 g/mol. The lowest BCUT2D eigenvalue weighted by atomic mass is 9.96. The standard InChI is InChI=1S/C48H32N2O/c1-3-15-35(16-4-1)49(39-24-23-33-13-7-8-14-34(33)31-39)37-25-27-38(28-26-37)50(36-17-5-2-6-18-36)40-29-30-42-41-19-9-10-20-43(41)48-47(45(42)32-40)44-21-11-12-22-46(44)51-48/h1-32H. The number of fused-ring (bicyclic) bond motifs is 9. The molecule has 0 radical (unpaired) electrons. The Balaban J connectivity index is 1.15. The van der Waals surface area contributed by atoms with Crippen LogP contribution < -0.4 is 9.80 Å². The number of anilines is 6. The van der Waals surface area contributed by atoms with Crippen LogP contribution in [0.2, 0.25) is 0 Å². The van der Waals surface area contributed by atoms with Crippen molar-refractivity contribution in [2.75, 3.05) is 9.80 Å². The fraction of sp³-hybridized carbons (Fsp3) is 0. The average Bonchev–Trinajstić information content (AvgIpc) is 3.60. The Bertz CT molecular complexity index is 2860. The number of hydrogen-bond acceptors (Lipinski definition) is 3. The predicted octanol–water partition coefficient (Wildman–Crippen LogP) is 14.0. The molecule has 0 unspecified atom stereocenters. The Morgan fingerprint density at radius 1 is 0.294 bits per heavy atom. The molecule has 0 saturated carbocycles. The molecule has 0 spiro atoms. The van der Waals surface area contributed by atoms with E-state index in [-0.39, 0.29) is 0 Å². The lowest BCUT2D eigenvalue weighted by molar-refractivity contribution is 0.673. The van der Waals surface area contributed by atoms with Crippen molar-refractivity contribution >= 4 is 88.4 Å². The average molecular weight is 653 g/mol. The van der Waals surface area contributed by atoms with E-state index < -0.39 is 0 Å². The van der Waals surface area contributed by atoms with Crippen LogP contribution in [0.1, 0.15) is 0 Å². The van der Waals surface area contributed by atoms with Crippen LogP contribution in [0.25, 0.3) is 54.3 Å². The van der Waals surface area contributed by atoms with E-state index in [0.29, 0.717) is 0 Å². The Hall–Kier alpha value is -6.84. The first-order valence-corrected chi connectivity index (χ1v) is 17.4. The molecule has 240 valence electrons. The van der Waals surface area contributed by atoms with Gasteiger partial charge in [-0.05, 0) is 106 Å². The van der Waals surface area contributed by atoms with E-state index in [1.807, 2.05) is 6.07 Å². The SMILES string of the molecule is c1ccc(N(c2ccc(N(c3ccccc3)c3ccc4c5ccccc5c5oc6ccccc6c5c4c3)cc2)c2ccc3ccccc3c2)cc1. The second kappa shape index (κ2) is 11.9. The summed E-state index contributed by atoms with van der Waals surface area (Å²) in [6.45, 7) is 0. The first-order chi connectivity index (χ1) is 25.3. The summed E-state index contributed by atoms with van der Waals surface area (Å²) in [5.74, 6) is 0. The van der Waals surface area contributed by atoms with Crippen LogP contribution in [0.3, 0.4) is 0 Å². The third-order valence-corrected chi connectivity index (χ3v) is 9.97. The van der Waals surface area contributed by atoms with Crippen molar-refractivity contribution in [2.45, 2.75) is 0 Å². The molecule has 0 bridgehead atoms. The van der Waals surface area contributed by atoms with Crippen LogP contribution in [-0.4, -0.2) is 0 Å². The number of benzene rings is 9. The molecule has 1 aromatic heterocycles. The molecule has 3 heteroatoms. The highest BCUT2D eigenvalue weighted by Crippen LogP contribution is 2.44. The first-order valence-electron chi connectivity index (χ1n) is 17.4. The molecule has 51 heavy (non-hydrogen) atoms. The summed E-state index contributed by atoms with van der Waals surface area (Å²) < 4.78 is 6.56. The molecule has 3 nitrogen and oxygen atoms in total. The molecule has 0 N–H and O–H groups in total. The summed E-state index contributed by atoms with van der Waals surface area (Å²) in [5, 5.41) is 9.44. The Kier molecular flexibility index (Phi) is 6.81. The number of rotatable bonds is 6. The molecule has 0 saturated heterocycles. The highest BCUT2D eigenvalue weighted by molar-refractivity contribution is 6.30. The van der Waals surface area contributed by atoms with Gasteiger partial charge in [0.15, 0.2) is 0 Å². The summed E-state index contributed by atoms with van der Waals surface area (Å²) in [6, 6.07) is 69.1. The zero-order valence-corrected chi connectivity index (χ0v) is 27.8. The van der Waals surface area contributed by atoms with Gasteiger partial charge in [0, 0.05) is 50.3 Å². The van der Waals surface area contributed by atoms with Gasteiger partial charge >= 0.3 is 0 Å². The van der Waals surface area contributed by atoms with Gasteiger partial charge in [-0.15, -0.1) is 0 Å². The van der Waals surface area contributed by atoms with E-state index >= 15 is 0 Å². The third kappa shape index (κ3) is 4.90. The van der Waals surface area contributed by atoms with Crippen molar-refractivity contribution in [3.8, 4) is 0 Å². The lowest BCUT2D eigenvalue weighted by Gasteiger charge is -2.28. The van der Waals surface area contributed by atoms with Crippen LogP contribution in [0.5, 0.6) is 0 Å². The molecule has 10 rings (SSSR count). The Morgan fingerprint density at radius 2 is 0.765 bits per heavy atom. The van der Waals surface area contributed by atoms with Gasteiger partial charge in [0.25, 0.3) is 0 Å². The van der Waals surface area contributed by atoms with Gasteiger partial charge in [-0.25, -0.2) is 0 Å². The summed E-state index contributed by atoms with van der Waals surface area (Å²) in [5.41, 5.74) is 8.40. The highest BCUT2D eigenvalue weighted by atomic mass is 16.3. The van der Waals surface area contributed by atoms with E-state index in [2.05, 4.69) is 198 Å². The topological polar surface area (TPSA) is 19.6 Å². The molecule has 0 aliphatic carbocycles. The van der Waals surface area contributed by atoms with Crippen LogP contribution in [0.4, 0.5) is 34.1 Å². The van der Waals surface area contributed by atoms with Gasteiger partial charge in [0.05, 0.1) is 0 Å². The monoisotopic (exact) mass is 652 g/mol. The smallest absolute Gasteiger partial charge is 0.143 e. The molecule has 0 fully saturated rings. The number of para-hydroxylation sites is 3. The predicted molar refractivity (Wildman–Crippen MR) is 216 cm³/mol. The van der Waals surface area contributed by atoms with E-state index in [1.54, 1.807) is 0 Å². The minimum Gasteiger partial charge on any atom is -0.455 e. The van der Waals surface area contributed by atoms with Crippen molar-refractivity contribution in [1.82, 2.24) is 0 Å². The Morgan fingerprint density at radius 3 is 1.45 bits per heavy atom. The van der Waals surface area contributed by atoms with Gasteiger partial charge in [-0.2, -0.15) is 0 Å². The highest BCUT2D eigenvalue weighted by Gasteiger charge is 2.20. The molecular formula is C48H32N2O. The van der Waals surface area contributed by atoms with Crippen LogP contribution in [0.15, 0.2) is 199 Å². The summed E-state index contributed by atoms with van der Waals surface area (Å²) in [6.07, 6.45) is 0. The second-order valence-corrected chi connectivity index (χ2v) is 13.0. The second-order valence-electron chi connectivity index (χ2n) is 13.0. The number of furan rings is 1. The number of nitrogens with zero attached hydrogens (tertiary/aromatic N) is 2. The van der Waals surface area contributed by atoms with E-state index in [9.17, 15) is 0 Å². The largest absolute Gasteiger partial charge is 0.455 e. The van der Waals surface area contributed by atoms with Crippen molar-refractivity contribution < 1.29 is 4.42 Å². The maximum Gasteiger partial charge on any atom is 0.143 e. The van der Waals surface area contributed by atoms with Crippen molar-refractivity contribution in [3.05, 3.63) is 194 Å². The third-order valence-electron chi connectivity index (χ3n) is 9.97. The van der Waals surface area contributed by atoms with Gasteiger partial charge in [-0.3, -0.25) is 0 Å². The van der Waals surface area contributed by atoms with Gasteiger partial charge in [0.2, 0.25) is 0 Å². The molecule has 9 aromatic carbocycles. The van der Waals surface area contributed by atoms with Crippen molar-refractivity contribution in [2.24, 2.45) is 0 Å². The van der Waals surface area contributed by atoms with Crippen LogP contribution in [0, 0.1) is 0 Å². The van der Waals surface area contributed by atoms with E-state index in [0.717, 1.165) is 61.4 Å². The van der Waals surface area contributed by atoms with Gasteiger partial charge < -0.3 is 14.2 Å². The molecule has 1 heterocycles. The fourth-order valence-electron chi connectivity index (χ4n) is 7.65. The van der Waals surface area contributed by atoms with Crippen LogP contribution >= 0.6 is 0 Å². The normalized spacial score (nSPS) is 11.5. The number of hydrogen-bond donors (Lipinski definition) is 0. The minimum atomic E-state index is 0.903. The van der Waals surface area contributed by atoms with E-state index in [1.165, 1.54) is 26.9 Å². The van der Waals surface area contributed by atoms with Crippen LogP contribution in [-0.2, 0) is 0 Å². The summed E-state index contributed by atoms with van der Waals surface area (Å²) in [4.78, 5) is 4.67. The zero-order valence-electron chi connectivity index (χ0n) is 27.8. The molecule has 10 aromatic rings. The maximum atomic E-state index is 6.56. The summed E-state index contributed by atoms with van der Waals surface area (Å²) >= 11 is 0. The lowest BCUT2D eigenvalue weighted by Crippen LogP contribution is -2.12. The van der Waals surface area contributed by atoms with Crippen molar-refractivity contribution in [1.29, 1.82) is 0 Å². The van der Waals surface area contributed by atoms with Gasteiger partial charge in [0.1, 0.15) is 11.2 Å². The molecule has 0 aliphatic heterocycles. The zero-order chi connectivity index (χ0) is 33.7. The maximum absolute atomic E-state index is 6.56. The fourth-order valence-corrected chi connectivity index (χ4v) is 7.65. The van der Waals surface area contributed by atoms with Crippen molar-refractivity contribution in [3.63, 3.8) is 0 Å². The molecule has 0 amide bonds. The minimum absolute atomic E-state index is 0.903. The van der Waals surface area contributed by atoms with E-state index in [4.69, 9.17) is 4.42 Å².